The van der Waals surface area contributed by atoms with Gasteiger partial charge in [0.15, 0.2) is 0 Å². The van der Waals surface area contributed by atoms with Gasteiger partial charge in [-0.3, -0.25) is 0 Å². The van der Waals surface area contributed by atoms with Gasteiger partial charge in [-0.1, -0.05) is 46.6 Å². The van der Waals surface area contributed by atoms with Crippen LogP contribution in [0.2, 0.25) is 0 Å². The Hall–Kier alpha value is -0.500. The van der Waals surface area contributed by atoms with Crippen LogP contribution >= 0.6 is 0 Å². The Morgan fingerprint density at radius 1 is 1.22 bits per heavy atom. The third-order valence-corrected chi connectivity index (χ3v) is 3.92. The van der Waals surface area contributed by atoms with Crippen LogP contribution < -0.4 is 0 Å². The van der Waals surface area contributed by atoms with E-state index in [2.05, 4.69) is 27.4 Å². The molecule has 18 heavy (non-hydrogen) atoms. The van der Waals surface area contributed by atoms with E-state index in [-0.39, 0.29) is 0 Å². The fraction of sp³-hybridized carbons (Fsp3) is 0.875. The third kappa shape index (κ3) is 5.43. The number of ether oxygens (including phenoxy) is 2. The van der Waals surface area contributed by atoms with Crippen molar-refractivity contribution in [3.63, 3.8) is 0 Å². The summed E-state index contributed by atoms with van der Waals surface area (Å²) in [6, 6.07) is 0. The van der Waals surface area contributed by atoms with Gasteiger partial charge in [0.1, 0.15) is 0 Å². The molecule has 106 valence electrons. The van der Waals surface area contributed by atoms with Gasteiger partial charge in [-0.05, 0) is 18.8 Å². The molecule has 1 saturated carbocycles. The molecule has 3 unspecified atom stereocenters. The molecule has 0 amide bonds. The summed E-state index contributed by atoms with van der Waals surface area (Å²) in [6.45, 7) is 11.9. The van der Waals surface area contributed by atoms with Crippen LogP contribution in [0.4, 0.5) is 0 Å². The molecule has 0 bridgehead atoms. The molecule has 0 aromatic heterocycles. The molecule has 1 fully saturated rings. The molecule has 0 spiro atoms. The molecule has 1 aliphatic rings. The smallest absolute Gasteiger partial charge is 0.0924 e. The molecule has 0 radical (unpaired) electrons. The standard InChI is InChI=1S/C16H30O2/c1-5-14(4)17-11-13(3)12-18-16-10-8-7-9-15(16)6-2/h13,15-16H,4-12H2,1-3H3. The van der Waals surface area contributed by atoms with Crippen molar-refractivity contribution < 1.29 is 9.47 Å². The third-order valence-electron chi connectivity index (χ3n) is 3.92. The lowest BCUT2D eigenvalue weighted by Gasteiger charge is -2.31. The van der Waals surface area contributed by atoms with Crippen LogP contribution in [0.15, 0.2) is 12.3 Å². The van der Waals surface area contributed by atoms with Gasteiger partial charge in [0.25, 0.3) is 0 Å². The second-order valence-electron chi connectivity index (χ2n) is 5.63. The second kappa shape index (κ2) is 8.58. The molecule has 1 rings (SSSR count). The zero-order valence-corrected chi connectivity index (χ0v) is 12.4. The first-order chi connectivity index (χ1) is 8.67. The van der Waals surface area contributed by atoms with E-state index in [1.165, 1.54) is 32.1 Å². The lowest BCUT2D eigenvalue weighted by Crippen LogP contribution is -2.29. The van der Waals surface area contributed by atoms with Gasteiger partial charge >= 0.3 is 0 Å². The van der Waals surface area contributed by atoms with Crippen molar-refractivity contribution in [2.24, 2.45) is 11.8 Å². The number of hydrogen-bond acceptors (Lipinski definition) is 2. The SMILES string of the molecule is C=C(CC)OCC(C)COC1CCCCC1CC. The summed E-state index contributed by atoms with van der Waals surface area (Å²) >= 11 is 0. The Morgan fingerprint density at radius 2 is 1.94 bits per heavy atom. The summed E-state index contributed by atoms with van der Waals surface area (Å²) in [5.74, 6) is 2.11. The van der Waals surface area contributed by atoms with Crippen molar-refractivity contribution >= 4 is 0 Å². The predicted molar refractivity (Wildman–Crippen MR) is 76.5 cm³/mol. The fourth-order valence-corrected chi connectivity index (χ4v) is 2.56. The molecule has 0 saturated heterocycles. The highest BCUT2D eigenvalue weighted by Gasteiger charge is 2.24. The average molecular weight is 254 g/mol. The van der Waals surface area contributed by atoms with Crippen molar-refractivity contribution in [1.29, 1.82) is 0 Å². The van der Waals surface area contributed by atoms with Gasteiger partial charge in [-0.25, -0.2) is 0 Å². The van der Waals surface area contributed by atoms with Gasteiger partial charge in [0.05, 0.1) is 25.1 Å². The first-order valence-electron chi connectivity index (χ1n) is 7.59. The topological polar surface area (TPSA) is 18.5 Å². The maximum atomic E-state index is 6.10. The lowest BCUT2D eigenvalue weighted by molar-refractivity contribution is -0.0346. The molecule has 0 N–H and O–H groups in total. The van der Waals surface area contributed by atoms with E-state index >= 15 is 0 Å². The Morgan fingerprint density at radius 3 is 2.61 bits per heavy atom. The minimum absolute atomic E-state index is 0.452. The molecule has 0 aromatic rings. The molecule has 0 aromatic carbocycles. The fourth-order valence-electron chi connectivity index (χ4n) is 2.56. The highest BCUT2D eigenvalue weighted by molar-refractivity contribution is 4.80. The van der Waals surface area contributed by atoms with Gasteiger partial charge in [-0.15, -0.1) is 0 Å². The number of allylic oxidation sites excluding steroid dienone is 1. The number of hydrogen-bond donors (Lipinski definition) is 0. The normalized spacial score (nSPS) is 25.7. The monoisotopic (exact) mass is 254 g/mol. The Balaban J connectivity index is 2.19. The van der Waals surface area contributed by atoms with Crippen LogP contribution in [0.1, 0.15) is 59.3 Å². The first-order valence-corrected chi connectivity index (χ1v) is 7.59. The molecule has 1 aliphatic carbocycles. The van der Waals surface area contributed by atoms with E-state index in [0.717, 1.165) is 31.3 Å². The summed E-state index contributed by atoms with van der Waals surface area (Å²) in [5.41, 5.74) is 0. The minimum atomic E-state index is 0.452. The van der Waals surface area contributed by atoms with E-state index in [9.17, 15) is 0 Å². The van der Waals surface area contributed by atoms with Crippen molar-refractivity contribution in [3.05, 3.63) is 12.3 Å². The van der Waals surface area contributed by atoms with Gasteiger partial charge in [-0.2, -0.15) is 0 Å². The average Bonchev–Trinajstić information content (AvgIpc) is 2.42. The molecule has 2 nitrogen and oxygen atoms in total. The largest absolute Gasteiger partial charge is 0.498 e. The molecule has 0 heterocycles. The Labute approximate surface area is 113 Å². The molecule has 3 atom stereocenters. The Kier molecular flexibility index (Phi) is 7.41. The van der Waals surface area contributed by atoms with E-state index in [0.29, 0.717) is 12.0 Å². The van der Waals surface area contributed by atoms with Gasteiger partial charge < -0.3 is 9.47 Å². The summed E-state index contributed by atoms with van der Waals surface area (Å²) in [6.07, 6.45) is 7.94. The maximum Gasteiger partial charge on any atom is 0.0924 e. The quantitative estimate of drug-likeness (QED) is 0.592. The highest BCUT2D eigenvalue weighted by Crippen LogP contribution is 2.29. The van der Waals surface area contributed by atoms with Crippen LogP contribution in [-0.2, 0) is 9.47 Å². The van der Waals surface area contributed by atoms with Crippen LogP contribution in [0.25, 0.3) is 0 Å². The van der Waals surface area contributed by atoms with Gasteiger partial charge in [0, 0.05) is 12.3 Å². The number of rotatable bonds is 8. The summed E-state index contributed by atoms with van der Waals surface area (Å²) in [5, 5.41) is 0. The zero-order chi connectivity index (χ0) is 13.4. The van der Waals surface area contributed by atoms with Crippen molar-refractivity contribution in [2.45, 2.75) is 65.4 Å². The van der Waals surface area contributed by atoms with Crippen LogP contribution in [0.3, 0.4) is 0 Å². The van der Waals surface area contributed by atoms with E-state index in [4.69, 9.17) is 9.47 Å². The molecular weight excluding hydrogens is 224 g/mol. The molecule has 0 aliphatic heterocycles. The van der Waals surface area contributed by atoms with Crippen molar-refractivity contribution in [3.8, 4) is 0 Å². The second-order valence-corrected chi connectivity index (χ2v) is 5.63. The van der Waals surface area contributed by atoms with Crippen LogP contribution in [-0.4, -0.2) is 19.3 Å². The summed E-state index contributed by atoms with van der Waals surface area (Å²) in [4.78, 5) is 0. The van der Waals surface area contributed by atoms with Crippen LogP contribution in [0, 0.1) is 11.8 Å². The van der Waals surface area contributed by atoms with E-state index in [1.54, 1.807) is 0 Å². The van der Waals surface area contributed by atoms with E-state index in [1.807, 2.05) is 0 Å². The summed E-state index contributed by atoms with van der Waals surface area (Å²) < 4.78 is 11.7. The minimum Gasteiger partial charge on any atom is -0.498 e. The Bertz CT molecular complexity index is 237. The van der Waals surface area contributed by atoms with Crippen LogP contribution in [0.5, 0.6) is 0 Å². The zero-order valence-electron chi connectivity index (χ0n) is 12.4. The van der Waals surface area contributed by atoms with Crippen molar-refractivity contribution in [1.82, 2.24) is 0 Å². The van der Waals surface area contributed by atoms with Gasteiger partial charge in [0.2, 0.25) is 0 Å². The predicted octanol–water partition coefficient (Wildman–Crippen LogP) is 4.55. The van der Waals surface area contributed by atoms with Crippen molar-refractivity contribution in [2.75, 3.05) is 13.2 Å². The maximum absolute atomic E-state index is 6.10. The summed E-state index contributed by atoms with van der Waals surface area (Å²) in [7, 11) is 0. The molecular formula is C16H30O2. The first kappa shape index (κ1) is 15.6. The lowest BCUT2D eigenvalue weighted by atomic mass is 9.85. The molecule has 2 heteroatoms. The van der Waals surface area contributed by atoms with E-state index < -0.39 is 0 Å². The highest BCUT2D eigenvalue weighted by atomic mass is 16.5.